The molecule has 0 unspecified atom stereocenters. The van der Waals surface area contributed by atoms with Gasteiger partial charge in [0.15, 0.2) is 0 Å². The molecule has 2 atom stereocenters. The molecule has 0 saturated carbocycles. The number of anilines is 1. The molecule has 0 radical (unpaired) electrons. The molecule has 23 heavy (non-hydrogen) atoms. The minimum absolute atomic E-state index is 0.125. The highest BCUT2D eigenvalue weighted by Gasteiger charge is 2.52. The minimum Gasteiger partial charge on any atom is -0.368 e. The second-order valence-corrected chi connectivity index (χ2v) is 7.55. The molecule has 1 saturated heterocycles. The fourth-order valence-electron chi connectivity index (χ4n) is 2.94. The highest BCUT2D eigenvalue weighted by molar-refractivity contribution is 9.10. The van der Waals surface area contributed by atoms with Gasteiger partial charge in [-0.25, -0.2) is 0 Å². The van der Waals surface area contributed by atoms with Gasteiger partial charge in [-0.15, -0.1) is 0 Å². The molecular formula is C18H16BrClN2O. The minimum atomic E-state index is -0.125. The number of nitrogens with zero attached hydrogens (tertiary/aromatic N) is 2. The van der Waals surface area contributed by atoms with Crippen molar-refractivity contribution in [3.05, 3.63) is 63.6 Å². The molecule has 2 aromatic rings. The first-order chi connectivity index (χ1) is 11.0. The van der Waals surface area contributed by atoms with E-state index >= 15 is 0 Å². The van der Waals surface area contributed by atoms with Crippen LogP contribution in [0.25, 0.3) is 0 Å². The van der Waals surface area contributed by atoms with Crippen LogP contribution in [0.1, 0.15) is 18.9 Å². The van der Waals surface area contributed by atoms with E-state index in [0.717, 1.165) is 39.5 Å². The topological polar surface area (TPSA) is 28.1 Å². The standard InChI is InChI=1S/C18H16BrClN2O/c1-18(11-23-18)17-10-16(12-2-4-13(19)5-3-12)21-22(17)15-8-6-14(20)7-9-15/h2-9,17H,10-11H2,1H3/t17-,18+/m1/s1. The van der Waals surface area contributed by atoms with Crippen molar-refractivity contribution in [1.29, 1.82) is 0 Å². The van der Waals surface area contributed by atoms with E-state index in [0.29, 0.717) is 0 Å². The number of epoxide rings is 1. The number of hydrogen-bond acceptors (Lipinski definition) is 3. The predicted octanol–water partition coefficient (Wildman–Crippen LogP) is 4.87. The fraction of sp³-hybridized carbons (Fsp3) is 0.278. The third kappa shape index (κ3) is 2.91. The maximum absolute atomic E-state index is 6.01. The summed E-state index contributed by atoms with van der Waals surface area (Å²) in [4.78, 5) is 0. The summed E-state index contributed by atoms with van der Waals surface area (Å²) in [6.45, 7) is 2.94. The molecule has 5 heteroatoms. The zero-order chi connectivity index (χ0) is 16.0. The Morgan fingerprint density at radius 3 is 2.43 bits per heavy atom. The summed E-state index contributed by atoms with van der Waals surface area (Å²) in [7, 11) is 0. The lowest BCUT2D eigenvalue weighted by molar-refractivity contribution is 0.282. The predicted molar refractivity (Wildman–Crippen MR) is 97.4 cm³/mol. The van der Waals surface area contributed by atoms with Crippen molar-refractivity contribution in [2.45, 2.75) is 25.0 Å². The first-order valence-electron chi connectivity index (χ1n) is 7.57. The number of hydrogen-bond donors (Lipinski definition) is 0. The lowest BCUT2D eigenvalue weighted by Crippen LogP contribution is -2.38. The molecule has 118 valence electrons. The number of benzene rings is 2. The largest absolute Gasteiger partial charge is 0.368 e. The zero-order valence-electron chi connectivity index (χ0n) is 12.7. The van der Waals surface area contributed by atoms with Crippen molar-refractivity contribution in [1.82, 2.24) is 0 Å². The molecule has 2 aliphatic rings. The molecular weight excluding hydrogens is 376 g/mol. The number of hydrazone groups is 1. The summed E-state index contributed by atoms with van der Waals surface area (Å²) >= 11 is 9.49. The van der Waals surface area contributed by atoms with Crippen LogP contribution in [0, 0.1) is 0 Å². The van der Waals surface area contributed by atoms with Crippen molar-refractivity contribution in [3.8, 4) is 0 Å². The molecule has 0 aromatic heterocycles. The van der Waals surface area contributed by atoms with Crippen LogP contribution in [0.2, 0.25) is 5.02 Å². The summed E-state index contributed by atoms with van der Waals surface area (Å²) in [5, 5.41) is 7.70. The van der Waals surface area contributed by atoms with Crippen molar-refractivity contribution >= 4 is 38.9 Å². The molecule has 0 bridgehead atoms. The Morgan fingerprint density at radius 2 is 1.83 bits per heavy atom. The molecule has 0 N–H and O–H groups in total. The van der Waals surface area contributed by atoms with Crippen LogP contribution in [0.3, 0.4) is 0 Å². The smallest absolute Gasteiger partial charge is 0.111 e. The van der Waals surface area contributed by atoms with Gasteiger partial charge in [-0.1, -0.05) is 39.7 Å². The Bertz CT molecular complexity index is 754. The lowest BCUT2D eigenvalue weighted by Gasteiger charge is -2.26. The Hall–Kier alpha value is -1.36. The van der Waals surface area contributed by atoms with Gasteiger partial charge in [0.25, 0.3) is 0 Å². The maximum Gasteiger partial charge on any atom is 0.111 e. The van der Waals surface area contributed by atoms with Crippen LogP contribution in [0.15, 0.2) is 58.1 Å². The van der Waals surface area contributed by atoms with E-state index in [1.807, 2.05) is 36.4 Å². The second-order valence-electron chi connectivity index (χ2n) is 6.20. The number of rotatable bonds is 3. The Balaban J connectivity index is 1.70. The molecule has 3 nitrogen and oxygen atoms in total. The molecule has 4 rings (SSSR count). The van der Waals surface area contributed by atoms with Crippen LogP contribution < -0.4 is 5.01 Å². The molecule has 2 heterocycles. The van der Waals surface area contributed by atoms with Gasteiger partial charge in [0.2, 0.25) is 0 Å². The average Bonchev–Trinajstić information content (AvgIpc) is 3.13. The van der Waals surface area contributed by atoms with E-state index in [4.69, 9.17) is 21.4 Å². The summed E-state index contributed by atoms with van der Waals surface area (Å²) in [6, 6.07) is 16.3. The van der Waals surface area contributed by atoms with Gasteiger partial charge < -0.3 is 4.74 Å². The SMILES string of the molecule is C[C@@]1([C@H]2CC(c3ccc(Br)cc3)=NN2c2ccc(Cl)cc2)CO1. The van der Waals surface area contributed by atoms with Gasteiger partial charge in [0, 0.05) is 15.9 Å². The third-order valence-electron chi connectivity index (χ3n) is 4.48. The van der Waals surface area contributed by atoms with Crippen LogP contribution in [0.5, 0.6) is 0 Å². The molecule has 2 aliphatic heterocycles. The lowest BCUT2D eigenvalue weighted by atomic mass is 9.95. The van der Waals surface area contributed by atoms with Crippen molar-refractivity contribution in [2.24, 2.45) is 5.10 Å². The Kier molecular flexibility index (Phi) is 3.71. The van der Waals surface area contributed by atoms with Crippen molar-refractivity contribution in [3.63, 3.8) is 0 Å². The fourth-order valence-corrected chi connectivity index (χ4v) is 3.33. The summed E-state index contributed by atoms with van der Waals surface area (Å²) in [5.74, 6) is 0. The van der Waals surface area contributed by atoms with E-state index in [1.165, 1.54) is 0 Å². The van der Waals surface area contributed by atoms with Crippen molar-refractivity contribution < 1.29 is 4.74 Å². The summed E-state index contributed by atoms with van der Waals surface area (Å²) < 4.78 is 6.78. The average molecular weight is 392 g/mol. The van der Waals surface area contributed by atoms with E-state index < -0.39 is 0 Å². The van der Waals surface area contributed by atoms with Crippen LogP contribution in [0.4, 0.5) is 5.69 Å². The van der Waals surface area contributed by atoms with E-state index in [-0.39, 0.29) is 11.6 Å². The Morgan fingerprint density at radius 1 is 1.17 bits per heavy atom. The highest BCUT2D eigenvalue weighted by Crippen LogP contribution is 2.41. The third-order valence-corrected chi connectivity index (χ3v) is 5.26. The van der Waals surface area contributed by atoms with E-state index in [1.54, 1.807) is 0 Å². The number of ether oxygens (including phenoxy) is 1. The monoisotopic (exact) mass is 390 g/mol. The summed E-state index contributed by atoms with van der Waals surface area (Å²) in [5.41, 5.74) is 3.16. The van der Waals surface area contributed by atoms with Crippen LogP contribution >= 0.6 is 27.5 Å². The second kappa shape index (κ2) is 5.62. The normalized spacial score (nSPS) is 26.3. The molecule has 1 fully saturated rings. The Labute approximate surface area is 149 Å². The summed E-state index contributed by atoms with van der Waals surface area (Å²) in [6.07, 6.45) is 0.876. The maximum atomic E-state index is 6.01. The first-order valence-corrected chi connectivity index (χ1v) is 8.74. The zero-order valence-corrected chi connectivity index (χ0v) is 15.0. The van der Waals surface area contributed by atoms with Gasteiger partial charge in [-0.05, 0) is 48.9 Å². The van der Waals surface area contributed by atoms with Crippen LogP contribution in [-0.4, -0.2) is 24.0 Å². The first kappa shape index (κ1) is 15.2. The molecule has 0 spiro atoms. The van der Waals surface area contributed by atoms with Crippen molar-refractivity contribution in [2.75, 3.05) is 11.6 Å². The number of halogens is 2. The van der Waals surface area contributed by atoms with Gasteiger partial charge in [-0.2, -0.15) is 5.10 Å². The van der Waals surface area contributed by atoms with Gasteiger partial charge >= 0.3 is 0 Å². The molecule has 0 aliphatic carbocycles. The van der Waals surface area contributed by atoms with E-state index in [9.17, 15) is 0 Å². The van der Waals surface area contributed by atoms with Gasteiger partial charge in [0.1, 0.15) is 5.60 Å². The molecule has 0 amide bonds. The van der Waals surface area contributed by atoms with Gasteiger partial charge in [-0.3, -0.25) is 5.01 Å². The quantitative estimate of drug-likeness (QED) is 0.698. The highest BCUT2D eigenvalue weighted by atomic mass is 79.9. The molecule has 2 aromatic carbocycles. The van der Waals surface area contributed by atoms with Gasteiger partial charge in [0.05, 0.1) is 24.0 Å². The van der Waals surface area contributed by atoms with Crippen LogP contribution in [-0.2, 0) is 4.74 Å². The van der Waals surface area contributed by atoms with E-state index in [2.05, 4.69) is 40.0 Å².